The molecule has 15 heavy (non-hydrogen) atoms. The summed E-state index contributed by atoms with van der Waals surface area (Å²) in [5.74, 6) is 0.883. The molecule has 4 heteroatoms. The van der Waals surface area contributed by atoms with Crippen LogP contribution >= 0.6 is 11.6 Å². The molecule has 1 aromatic carbocycles. The minimum atomic E-state index is -3.11. The van der Waals surface area contributed by atoms with Gasteiger partial charge in [0.1, 0.15) is 0 Å². The summed E-state index contributed by atoms with van der Waals surface area (Å²) in [6.45, 7) is 2.05. The molecule has 0 N–H and O–H groups in total. The molecule has 0 aliphatic heterocycles. The van der Waals surface area contributed by atoms with Gasteiger partial charge in [0.25, 0.3) is 0 Å². The summed E-state index contributed by atoms with van der Waals surface area (Å²) in [5, 5.41) is 0. The fraction of sp³-hybridized carbons (Fsp3) is 0.455. The van der Waals surface area contributed by atoms with E-state index in [9.17, 15) is 8.42 Å². The second-order valence-electron chi connectivity index (χ2n) is 3.72. The smallest absolute Gasteiger partial charge is 0.175 e. The Kier molecular flexibility index (Phi) is 4.17. The standard InChI is InChI=1S/C11H15ClO2S/c1-9(6-7-12)10-4-3-5-11(8-10)15(2,13)14/h3-5,8-9H,6-7H2,1-2H3. The van der Waals surface area contributed by atoms with Gasteiger partial charge in [0.05, 0.1) is 4.90 Å². The van der Waals surface area contributed by atoms with Gasteiger partial charge in [0.15, 0.2) is 9.84 Å². The van der Waals surface area contributed by atoms with Crippen LogP contribution in [0.3, 0.4) is 0 Å². The molecule has 0 radical (unpaired) electrons. The third-order valence-corrected chi connectivity index (χ3v) is 3.73. The maximum absolute atomic E-state index is 11.3. The molecule has 0 heterocycles. The molecule has 0 saturated heterocycles. The molecule has 0 amide bonds. The summed E-state index contributed by atoms with van der Waals surface area (Å²) in [7, 11) is -3.11. The summed E-state index contributed by atoms with van der Waals surface area (Å²) in [5.41, 5.74) is 1.03. The Morgan fingerprint density at radius 1 is 1.40 bits per heavy atom. The van der Waals surface area contributed by atoms with Gasteiger partial charge < -0.3 is 0 Å². The molecule has 1 atom stereocenters. The molecule has 84 valence electrons. The second kappa shape index (κ2) is 4.99. The van der Waals surface area contributed by atoms with Crippen LogP contribution in [0.5, 0.6) is 0 Å². The van der Waals surface area contributed by atoms with Crippen molar-refractivity contribution in [1.29, 1.82) is 0 Å². The van der Waals surface area contributed by atoms with Crippen LogP contribution in [-0.4, -0.2) is 20.6 Å². The fourth-order valence-electron chi connectivity index (χ4n) is 1.38. The Labute approximate surface area is 96.2 Å². The lowest BCUT2D eigenvalue weighted by atomic mass is 9.99. The Morgan fingerprint density at radius 3 is 2.60 bits per heavy atom. The van der Waals surface area contributed by atoms with Crippen molar-refractivity contribution in [1.82, 2.24) is 0 Å². The Hall–Kier alpha value is -0.540. The molecule has 0 fully saturated rings. The van der Waals surface area contributed by atoms with Crippen molar-refractivity contribution in [3.63, 3.8) is 0 Å². The minimum Gasteiger partial charge on any atom is -0.224 e. The van der Waals surface area contributed by atoms with Gasteiger partial charge in [-0.15, -0.1) is 11.6 Å². The van der Waals surface area contributed by atoms with Crippen LogP contribution in [0.4, 0.5) is 0 Å². The molecule has 1 rings (SSSR count). The highest BCUT2D eigenvalue weighted by molar-refractivity contribution is 7.90. The van der Waals surface area contributed by atoms with Crippen LogP contribution < -0.4 is 0 Å². The number of halogens is 1. The zero-order valence-corrected chi connectivity index (χ0v) is 10.5. The van der Waals surface area contributed by atoms with Gasteiger partial charge >= 0.3 is 0 Å². The Bertz CT molecular complexity index is 426. The average molecular weight is 247 g/mol. The predicted molar refractivity (Wildman–Crippen MR) is 63.3 cm³/mol. The van der Waals surface area contributed by atoms with E-state index in [1.54, 1.807) is 18.2 Å². The summed E-state index contributed by atoms with van der Waals surface area (Å²) >= 11 is 5.66. The van der Waals surface area contributed by atoms with Gasteiger partial charge in [0.2, 0.25) is 0 Å². The number of hydrogen-bond acceptors (Lipinski definition) is 2. The van der Waals surface area contributed by atoms with E-state index in [0.29, 0.717) is 16.7 Å². The third-order valence-electron chi connectivity index (χ3n) is 2.40. The van der Waals surface area contributed by atoms with E-state index in [2.05, 4.69) is 0 Å². The minimum absolute atomic E-state index is 0.296. The average Bonchev–Trinajstić information content (AvgIpc) is 2.17. The van der Waals surface area contributed by atoms with E-state index >= 15 is 0 Å². The van der Waals surface area contributed by atoms with Crippen molar-refractivity contribution in [3.05, 3.63) is 29.8 Å². The summed E-state index contributed by atoms with van der Waals surface area (Å²) in [6.07, 6.45) is 2.08. The van der Waals surface area contributed by atoms with Gasteiger partial charge in [-0.05, 0) is 30.0 Å². The molecular formula is C11H15ClO2S. The summed E-state index contributed by atoms with van der Waals surface area (Å²) in [4.78, 5) is 0.376. The first-order chi connectivity index (χ1) is 6.95. The highest BCUT2D eigenvalue weighted by Gasteiger charge is 2.10. The van der Waals surface area contributed by atoms with Crippen molar-refractivity contribution in [2.24, 2.45) is 0 Å². The maximum atomic E-state index is 11.3. The van der Waals surface area contributed by atoms with E-state index in [0.717, 1.165) is 12.0 Å². The molecule has 0 aliphatic rings. The van der Waals surface area contributed by atoms with E-state index in [4.69, 9.17) is 11.6 Å². The predicted octanol–water partition coefficient (Wildman–Crippen LogP) is 2.82. The molecule has 0 aliphatic carbocycles. The van der Waals surface area contributed by atoms with Gasteiger partial charge in [-0.25, -0.2) is 8.42 Å². The summed E-state index contributed by atoms with van der Waals surface area (Å²) < 4.78 is 22.7. The summed E-state index contributed by atoms with van der Waals surface area (Å²) in [6, 6.07) is 7.06. The SMILES string of the molecule is CC(CCCl)c1cccc(S(C)(=O)=O)c1. The van der Waals surface area contributed by atoms with E-state index in [-0.39, 0.29) is 0 Å². The van der Waals surface area contributed by atoms with Gasteiger partial charge in [0, 0.05) is 12.1 Å². The van der Waals surface area contributed by atoms with Gasteiger partial charge in [-0.2, -0.15) is 0 Å². The van der Waals surface area contributed by atoms with Crippen molar-refractivity contribution >= 4 is 21.4 Å². The van der Waals surface area contributed by atoms with Crippen molar-refractivity contribution in [2.45, 2.75) is 24.2 Å². The van der Waals surface area contributed by atoms with Crippen molar-refractivity contribution in [3.8, 4) is 0 Å². The first-order valence-electron chi connectivity index (χ1n) is 4.81. The molecule has 2 nitrogen and oxygen atoms in total. The molecule has 1 aromatic rings. The zero-order valence-electron chi connectivity index (χ0n) is 8.90. The van der Waals surface area contributed by atoms with Crippen LogP contribution in [0.2, 0.25) is 0 Å². The van der Waals surface area contributed by atoms with Crippen LogP contribution in [-0.2, 0) is 9.84 Å². The molecule has 0 bridgehead atoms. The third kappa shape index (κ3) is 3.50. The number of rotatable bonds is 4. The van der Waals surface area contributed by atoms with Gasteiger partial charge in [-0.3, -0.25) is 0 Å². The van der Waals surface area contributed by atoms with E-state index < -0.39 is 9.84 Å². The largest absolute Gasteiger partial charge is 0.224 e. The number of sulfone groups is 1. The highest BCUT2D eigenvalue weighted by atomic mass is 35.5. The first kappa shape index (κ1) is 12.5. The Balaban J connectivity index is 3.03. The van der Waals surface area contributed by atoms with Gasteiger partial charge in [-0.1, -0.05) is 19.1 Å². The molecule has 0 spiro atoms. The van der Waals surface area contributed by atoms with Crippen molar-refractivity contribution in [2.75, 3.05) is 12.1 Å². The lowest BCUT2D eigenvalue weighted by Crippen LogP contribution is -2.00. The Morgan fingerprint density at radius 2 is 2.07 bits per heavy atom. The number of benzene rings is 1. The lowest BCUT2D eigenvalue weighted by molar-refractivity contribution is 0.601. The monoisotopic (exact) mass is 246 g/mol. The fourth-order valence-corrected chi connectivity index (χ4v) is 2.39. The molecule has 1 unspecified atom stereocenters. The highest BCUT2D eigenvalue weighted by Crippen LogP contribution is 2.22. The zero-order chi connectivity index (χ0) is 11.5. The lowest BCUT2D eigenvalue weighted by Gasteiger charge is -2.10. The molecule has 0 saturated carbocycles. The topological polar surface area (TPSA) is 34.1 Å². The maximum Gasteiger partial charge on any atom is 0.175 e. The van der Waals surface area contributed by atoms with Crippen LogP contribution in [0.1, 0.15) is 24.8 Å². The van der Waals surface area contributed by atoms with Crippen LogP contribution in [0.25, 0.3) is 0 Å². The molecule has 0 aromatic heterocycles. The number of alkyl halides is 1. The van der Waals surface area contributed by atoms with E-state index in [1.807, 2.05) is 13.0 Å². The molecular weight excluding hydrogens is 232 g/mol. The van der Waals surface area contributed by atoms with Crippen LogP contribution in [0.15, 0.2) is 29.2 Å². The van der Waals surface area contributed by atoms with Crippen molar-refractivity contribution < 1.29 is 8.42 Å². The second-order valence-corrected chi connectivity index (χ2v) is 6.12. The van der Waals surface area contributed by atoms with Crippen LogP contribution in [0, 0.1) is 0 Å². The normalized spacial score (nSPS) is 13.8. The first-order valence-corrected chi connectivity index (χ1v) is 7.23. The quantitative estimate of drug-likeness (QED) is 0.766. The number of hydrogen-bond donors (Lipinski definition) is 0. The van der Waals surface area contributed by atoms with E-state index in [1.165, 1.54) is 6.26 Å².